The molecule has 0 aliphatic heterocycles. The number of carbonyl (C=O) groups excluding carboxylic acids is 1. The number of hydrogen-bond acceptors (Lipinski definition) is 5. The summed E-state index contributed by atoms with van der Waals surface area (Å²) in [7, 11) is 2.89. The van der Waals surface area contributed by atoms with E-state index in [2.05, 4.69) is 9.72 Å². The van der Waals surface area contributed by atoms with Gasteiger partial charge in [0.2, 0.25) is 0 Å². The number of para-hydroxylation sites is 1. The van der Waals surface area contributed by atoms with Gasteiger partial charge >= 0.3 is 5.97 Å². The fraction of sp³-hybridized carbons (Fsp3) is 0.143. The number of methoxy groups -OCH3 is 1. The number of halogens is 1. The summed E-state index contributed by atoms with van der Waals surface area (Å²) in [6.07, 6.45) is 0. The van der Waals surface area contributed by atoms with Crippen LogP contribution in [0.4, 0.5) is 21.6 Å². The average Bonchev–Trinajstić information content (AvgIpc) is 2.46. The summed E-state index contributed by atoms with van der Waals surface area (Å²) < 4.78 is 18.4. The van der Waals surface area contributed by atoms with Gasteiger partial charge in [-0.1, -0.05) is 12.1 Å². The van der Waals surface area contributed by atoms with Gasteiger partial charge in [0.15, 0.2) is 11.5 Å². The van der Waals surface area contributed by atoms with Crippen LogP contribution < -0.4 is 10.6 Å². The maximum Gasteiger partial charge on any atom is 0.356 e. The third-order valence-corrected chi connectivity index (χ3v) is 2.83. The van der Waals surface area contributed by atoms with Crippen molar-refractivity contribution in [3.05, 3.63) is 47.9 Å². The lowest BCUT2D eigenvalue weighted by Gasteiger charge is -2.20. The van der Waals surface area contributed by atoms with Crippen molar-refractivity contribution in [2.75, 3.05) is 24.8 Å². The number of carbonyl (C=O) groups is 1. The number of anilines is 3. The van der Waals surface area contributed by atoms with Crippen LogP contribution in [0.3, 0.4) is 0 Å². The maximum atomic E-state index is 13.8. The van der Waals surface area contributed by atoms with Crippen LogP contribution in [-0.2, 0) is 4.74 Å². The normalized spacial score (nSPS) is 10.2. The number of ether oxygens (including phenoxy) is 1. The summed E-state index contributed by atoms with van der Waals surface area (Å²) in [6, 6.07) is 9.23. The van der Waals surface area contributed by atoms with Gasteiger partial charge in [0, 0.05) is 7.05 Å². The molecule has 104 valence electrons. The second-order valence-electron chi connectivity index (χ2n) is 4.11. The van der Waals surface area contributed by atoms with E-state index < -0.39 is 11.8 Å². The molecule has 0 saturated heterocycles. The molecule has 5 nitrogen and oxygen atoms in total. The van der Waals surface area contributed by atoms with Gasteiger partial charge in [-0.05, 0) is 24.3 Å². The minimum Gasteiger partial charge on any atom is -0.464 e. The SMILES string of the molecule is COC(=O)c1ccc(N)c(N(C)c2ccccc2F)n1. The second kappa shape index (κ2) is 5.56. The summed E-state index contributed by atoms with van der Waals surface area (Å²) in [5.74, 6) is -0.689. The van der Waals surface area contributed by atoms with E-state index in [-0.39, 0.29) is 11.5 Å². The number of nitrogens with zero attached hydrogens (tertiary/aromatic N) is 2. The smallest absolute Gasteiger partial charge is 0.356 e. The molecule has 20 heavy (non-hydrogen) atoms. The van der Waals surface area contributed by atoms with E-state index in [0.29, 0.717) is 11.4 Å². The first-order valence-corrected chi connectivity index (χ1v) is 5.87. The minimum absolute atomic E-state index is 0.111. The molecular weight excluding hydrogens is 261 g/mol. The Hall–Kier alpha value is -2.63. The van der Waals surface area contributed by atoms with Crippen molar-refractivity contribution in [2.45, 2.75) is 0 Å². The Morgan fingerprint density at radius 2 is 2.00 bits per heavy atom. The van der Waals surface area contributed by atoms with Crippen molar-refractivity contribution >= 4 is 23.2 Å². The van der Waals surface area contributed by atoms with Gasteiger partial charge in [0.25, 0.3) is 0 Å². The molecule has 6 heteroatoms. The summed E-state index contributed by atoms with van der Waals surface area (Å²) >= 11 is 0. The highest BCUT2D eigenvalue weighted by atomic mass is 19.1. The molecule has 2 aromatic rings. The molecule has 2 N–H and O–H groups in total. The Morgan fingerprint density at radius 1 is 1.30 bits per heavy atom. The monoisotopic (exact) mass is 275 g/mol. The van der Waals surface area contributed by atoms with E-state index in [4.69, 9.17) is 5.73 Å². The molecular formula is C14H14FN3O2. The van der Waals surface area contributed by atoms with Crippen LogP contribution in [0.15, 0.2) is 36.4 Å². The van der Waals surface area contributed by atoms with Gasteiger partial charge < -0.3 is 15.4 Å². The lowest BCUT2D eigenvalue weighted by atomic mass is 10.2. The average molecular weight is 275 g/mol. The highest BCUT2D eigenvalue weighted by molar-refractivity contribution is 5.89. The maximum absolute atomic E-state index is 13.8. The number of hydrogen-bond donors (Lipinski definition) is 1. The van der Waals surface area contributed by atoms with E-state index in [0.717, 1.165) is 0 Å². The van der Waals surface area contributed by atoms with Crippen molar-refractivity contribution in [1.82, 2.24) is 4.98 Å². The molecule has 0 fully saturated rings. The fourth-order valence-corrected chi connectivity index (χ4v) is 1.78. The molecule has 0 amide bonds. The topological polar surface area (TPSA) is 68.5 Å². The van der Waals surface area contributed by atoms with E-state index in [1.807, 2.05) is 0 Å². The Bertz CT molecular complexity index is 646. The molecule has 0 aliphatic carbocycles. The van der Waals surface area contributed by atoms with Crippen molar-refractivity contribution < 1.29 is 13.9 Å². The van der Waals surface area contributed by atoms with E-state index in [1.54, 1.807) is 25.2 Å². The van der Waals surface area contributed by atoms with E-state index in [9.17, 15) is 9.18 Å². The zero-order valence-corrected chi connectivity index (χ0v) is 11.1. The van der Waals surface area contributed by atoms with Gasteiger partial charge in [0.05, 0.1) is 18.5 Å². The van der Waals surface area contributed by atoms with Crippen LogP contribution in [0.25, 0.3) is 0 Å². The van der Waals surface area contributed by atoms with E-state index in [1.165, 1.54) is 30.2 Å². The molecule has 1 aromatic carbocycles. The molecule has 0 saturated carbocycles. The Kier molecular flexibility index (Phi) is 3.84. The molecule has 0 spiro atoms. The van der Waals surface area contributed by atoms with Gasteiger partial charge in [-0.15, -0.1) is 0 Å². The number of rotatable bonds is 3. The third-order valence-electron chi connectivity index (χ3n) is 2.83. The Labute approximate surface area is 115 Å². The molecule has 1 heterocycles. The molecule has 0 bridgehead atoms. The van der Waals surface area contributed by atoms with E-state index >= 15 is 0 Å². The highest BCUT2D eigenvalue weighted by Gasteiger charge is 2.16. The van der Waals surface area contributed by atoms with Gasteiger partial charge in [-0.3, -0.25) is 0 Å². The molecule has 2 rings (SSSR count). The lowest BCUT2D eigenvalue weighted by molar-refractivity contribution is 0.0594. The first-order valence-electron chi connectivity index (χ1n) is 5.87. The van der Waals surface area contributed by atoms with Crippen LogP contribution in [0.5, 0.6) is 0 Å². The molecule has 0 radical (unpaired) electrons. The predicted molar refractivity (Wildman–Crippen MR) is 74.5 cm³/mol. The van der Waals surface area contributed by atoms with Gasteiger partial charge in [-0.25, -0.2) is 14.2 Å². The fourth-order valence-electron chi connectivity index (χ4n) is 1.78. The number of nitrogen functional groups attached to an aromatic ring is 1. The second-order valence-corrected chi connectivity index (χ2v) is 4.11. The largest absolute Gasteiger partial charge is 0.464 e. The van der Waals surface area contributed by atoms with Crippen LogP contribution in [0, 0.1) is 5.82 Å². The van der Waals surface area contributed by atoms with Gasteiger partial charge in [-0.2, -0.15) is 0 Å². The minimum atomic E-state index is -0.576. The predicted octanol–water partition coefficient (Wildman–Crippen LogP) is 2.36. The number of esters is 1. The Morgan fingerprint density at radius 3 is 2.65 bits per heavy atom. The highest BCUT2D eigenvalue weighted by Crippen LogP contribution is 2.28. The Balaban J connectivity index is 2.46. The van der Waals surface area contributed by atoms with Crippen molar-refractivity contribution in [1.29, 1.82) is 0 Å². The molecule has 1 aromatic heterocycles. The zero-order chi connectivity index (χ0) is 14.7. The van der Waals surface area contributed by atoms with Gasteiger partial charge in [0.1, 0.15) is 5.82 Å². The van der Waals surface area contributed by atoms with Crippen LogP contribution >= 0.6 is 0 Å². The zero-order valence-electron chi connectivity index (χ0n) is 11.1. The third kappa shape index (κ3) is 2.54. The molecule has 0 aliphatic rings. The number of nitrogens with two attached hydrogens (primary N) is 1. The number of benzene rings is 1. The quantitative estimate of drug-likeness (QED) is 0.871. The standard InChI is InChI=1S/C14H14FN3O2/c1-18(12-6-4-3-5-9(12)15)13-10(16)7-8-11(17-13)14(19)20-2/h3-8H,16H2,1-2H3. The van der Waals surface area contributed by atoms with Crippen molar-refractivity contribution in [3.63, 3.8) is 0 Å². The van der Waals surface area contributed by atoms with Crippen molar-refractivity contribution in [3.8, 4) is 0 Å². The molecule has 0 unspecified atom stereocenters. The first-order chi connectivity index (χ1) is 9.54. The molecule has 0 atom stereocenters. The van der Waals surface area contributed by atoms with Crippen LogP contribution in [0.2, 0.25) is 0 Å². The number of aromatic nitrogens is 1. The van der Waals surface area contributed by atoms with Crippen LogP contribution in [-0.4, -0.2) is 25.1 Å². The summed E-state index contributed by atoms with van der Waals surface area (Å²) in [6.45, 7) is 0. The number of pyridine rings is 1. The lowest BCUT2D eigenvalue weighted by Crippen LogP contribution is -2.17. The van der Waals surface area contributed by atoms with Crippen molar-refractivity contribution in [2.24, 2.45) is 0 Å². The summed E-state index contributed by atoms with van der Waals surface area (Å²) in [5, 5.41) is 0. The summed E-state index contributed by atoms with van der Waals surface area (Å²) in [4.78, 5) is 17.1. The summed E-state index contributed by atoms with van der Waals surface area (Å²) in [5.41, 5.74) is 6.60. The first kappa shape index (κ1) is 13.8. The van der Waals surface area contributed by atoms with Crippen LogP contribution in [0.1, 0.15) is 10.5 Å².